The zero-order chi connectivity index (χ0) is 26.3. The van der Waals surface area contributed by atoms with Gasteiger partial charge >= 0.3 is 0 Å². The van der Waals surface area contributed by atoms with E-state index in [2.05, 4.69) is 5.32 Å². The fourth-order valence-corrected chi connectivity index (χ4v) is 4.28. The molecule has 0 aromatic heterocycles. The SMILES string of the molecule is O=C(Nc1ccc(C(=O)N(Cc2ccccc2)c2ccc(O)cc2)cc1)c1ccccc1-c1ccccc1. The van der Waals surface area contributed by atoms with E-state index in [1.54, 1.807) is 59.5 Å². The summed E-state index contributed by atoms with van der Waals surface area (Å²) in [5, 5.41) is 12.7. The zero-order valence-corrected chi connectivity index (χ0v) is 20.6. The van der Waals surface area contributed by atoms with Gasteiger partial charge in [0.1, 0.15) is 5.75 Å². The van der Waals surface area contributed by atoms with Gasteiger partial charge in [-0.2, -0.15) is 0 Å². The van der Waals surface area contributed by atoms with Gasteiger partial charge in [0.25, 0.3) is 11.8 Å². The fourth-order valence-electron chi connectivity index (χ4n) is 4.28. The lowest BCUT2D eigenvalue weighted by Crippen LogP contribution is -2.30. The van der Waals surface area contributed by atoms with Gasteiger partial charge < -0.3 is 15.3 Å². The second-order valence-electron chi connectivity index (χ2n) is 8.84. The van der Waals surface area contributed by atoms with Gasteiger partial charge in [0.15, 0.2) is 0 Å². The standard InChI is InChI=1S/C33H26N2O3/c36-29-21-19-28(20-22-29)35(23-24-9-3-1-4-10-24)33(38)26-15-17-27(18-16-26)34-32(37)31-14-8-7-13-30(31)25-11-5-2-6-12-25/h1-22,36H,23H2,(H,34,37). The average Bonchev–Trinajstić information content (AvgIpc) is 2.97. The Morgan fingerprint density at radius 2 is 1.26 bits per heavy atom. The number of carbonyl (C=O) groups excluding carboxylic acids is 2. The maximum atomic E-state index is 13.6. The molecule has 0 atom stereocenters. The van der Waals surface area contributed by atoms with Crippen molar-refractivity contribution in [2.24, 2.45) is 0 Å². The van der Waals surface area contributed by atoms with Gasteiger partial charge in [-0.3, -0.25) is 9.59 Å². The lowest BCUT2D eigenvalue weighted by molar-refractivity contribution is 0.0984. The molecule has 0 aliphatic carbocycles. The summed E-state index contributed by atoms with van der Waals surface area (Å²) in [6.07, 6.45) is 0. The average molecular weight is 499 g/mol. The van der Waals surface area contributed by atoms with Crippen molar-refractivity contribution in [1.29, 1.82) is 0 Å². The summed E-state index contributed by atoms with van der Waals surface area (Å²) in [6, 6.07) is 40.4. The molecule has 0 aliphatic rings. The van der Waals surface area contributed by atoms with Gasteiger partial charge in [0, 0.05) is 22.5 Å². The summed E-state index contributed by atoms with van der Waals surface area (Å²) in [5.74, 6) is -0.278. The molecule has 0 saturated heterocycles. The Morgan fingerprint density at radius 3 is 1.95 bits per heavy atom. The van der Waals surface area contributed by atoms with Crippen LogP contribution in [0.2, 0.25) is 0 Å². The molecule has 5 rings (SSSR count). The van der Waals surface area contributed by atoms with Crippen LogP contribution in [0, 0.1) is 0 Å². The molecule has 0 spiro atoms. The third-order valence-electron chi connectivity index (χ3n) is 6.24. The van der Waals surface area contributed by atoms with Crippen molar-refractivity contribution in [3.8, 4) is 16.9 Å². The van der Waals surface area contributed by atoms with Crippen LogP contribution in [0.15, 0.2) is 133 Å². The van der Waals surface area contributed by atoms with Crippen LogP contribution in [0.25, 0.3) is 11.1 Å². The van der Waals surface area contributed by atoms with E-state index in [0.717, 1.165) is 16.7 Å². The van der Waals surface area contributed by atoms with Crippen LogP contribution in [0.4, 0.5) is 11.4 Å². The number of nitrogens with zero attached hydrogens (tertiary/aromatic N) is 1. The minimum atomic E-state index is -0.224. The second-order valence-corrected chi connectivity index (χ2v) is 8.84. The van der Waals surface area contributed by atoms with Crippen molar-refractivity contribution < 1.29 is 14.7 Å². The van der Waals surface area contributed by atoms with Crippen LogP contribution in [0.3, 0.4) is 0 Å². The first kappa shape index (κ1) is 24.5. The highest BCUT2D eigenvalue weighted by molar-refractivity contribution is 6.09. The molecular formula is C33H26N2O3. The van der Waals surface area contributed by atoms with Gasteiger partial charge in [0.05, 0.1) is 6.54 Å². The molecule has 0 heterocycles. The molecule has 5 nitrogen and oxygen atoms in total. The number of phenolic OH excluding ortho intramolecular Hbond substituents is 1. The Kier molecular flexibility index (Phi) is 7.27. The minimum absolute atomic E-state index is 0.134. The molecule has 5 aromatic carbocycles. The number of benzene rings is 5. The summed E-state index contributed by atoms with van der Waals surface area (Å²) in [7, 11) is 0. The number of nitrogens with one attached hydrogen (secondary N) is 1. The number of carbonyl (C=O) groups is 2. The molecule has 0 fully saturated rings. The number of rotatable bonds is 7. The Labute approximate surface area is 221 Å². The third kappa shape index (κ3) is 5.63. The molecule has 5 aromatic rings. The summed E-state index contributed by atoms with van der Waals surface area (Å²) in [6.45, 7) is 0.374. The van der Waals surface area contributed by atoms with Crippen molar-refractivity contribution in [1.82, 2.24) is 0 Å². The number of amides is 2. The normalized spacial score (nSPS) is 10.5. The van der Waals surface area contributed by atoms with Crippen LogP contribution in [0.5, 0.6) is 5.75 Å². The van der Waals surface area contributed by atoms with Gasteiger partial charge in [0.2, 0.25) is 0 Å². The highest BCUT2D eigenvalue weighted by Crippen LogP contribution is 2.26. The molecule has 0 saturated carbocycles. The molecular weight excluding hydrogens is 472 g/mol. The van der Waals surface area contributed by atoms with Crippen LogP contribution >= 0.6 is 0 Å². The van der Waals surface area contributed by atoms with E-state index in [4.69, 9.17) is 0 Å². The zero-order valence-electron chi connectivity index (χ0n) is 20.6. The second kappa shape index (κ2) is 11.3. The first-order valence-electron chi connectivity index (χ1n) is 12.3. The first-order valence-corrected chi connectivity index (χ1v) is 12.3. The molecule has 5 heteroatoms. The molecule has 0 radical (unpaired) electrons. The molecule has 2 N–H and O–H groups in total. The third-order valence-corrected chi connectivity index (χ3v) is 6.24. The largest absolute Gasteiger partial charge is 0.508 e. The number of phenols is 1. The van der Waals surface area contributed by atoms with Gasteiger partial charge in [-0.15, -0.1) is 0 Å². The predicted molar refractivity (Wildman–Crippen MR) is 151 cm³/mol. The van der Waals surface area contributed by atoms with Crippen molar-refractivity contribution in [2.45, 2.75) is 6.54 Å². The molecule has 0 aliphatic heterocycles. The van der Waals surface area contributed by atoms with Crippen LogP contribution in [0.1, 0.15) is 26.3 Å². The van der Waals surface area contributed by atoms with E-state index in [-0.39, 0.29) is 17.6 Å². The van der Waals surface area contributed by atoms with E-state index < -0.39 is 0 Å². The predicted octanol–water partition coefficient (Wildman–Crippen LogP) is 7.16. The van der Waals surface area contributed by atoms with E-state index >= 15 is 0 Å². The van der Waals surface area contributed by atoms with Gasteiger partial charge in [-0.1, -0.05) is 78.9 Å². The monoisotopic (exact) mass is 498 g/mol. The quantitative estimate of drug-likeness (QED) is 0.250. The smallest absolute Gasteiger partial charge is 0.258 e. The molecule has 186 valence electrons. The minimum Gasteiger partial charge on any atom is -0.508 e. The molecule has 38 heavy (non-hydrogen) atoms. The summed E-state index contributed by atoms with van der Waals surface area (Å²) in [4.78, 5) is 28.4. The number of aromatic hydroxyl groups is 1. The maximum absolute atomic E-state index is 13.6. The van der Waals surface area contributed by atoms with E-state index in [1.807, 2.05) is 78.9 Å². The van der Waals surface area contributed by atoms with Crippen LogP contribution in [-0.4, -0.2) is 16.9 Å². The number of anilines is 2. The topological polar surface area (TPSA) is 69.6 Å². The van der Waals surface area contributed by atoms with Crippen LogP contribution in [-0.2, 0) is 6.54 Å². The van der Waals surface area contributed by atoms with Crippen molar-refractivity contribution in [3.05, 3.63) is 150 Å². The summed E-state index contributed by atoms with van der Waals surface area (Å²) in [5.41, 5.74) is 5.11. The van der Waals surface area contributed by atoms with E-state index in [9.17, 15) is 14.7 Å². The molecule has 2 amide bonds. The Hall–Kier alpha value is -5.16. The Bertz CT molecular complexity index is 1530. The van der Waals surface area contributed by atoms with Gasteiger partial charge in [-0.05, 0) is 71.3 Å². The number of hydrogen-bond donors (Lipinski definition) is 2. The van der Waals surface area contributed by atoms with E-state index in [1.165, 1.54) is 0 Å². The van der Waals surface area contributed by atoms with Crippen molar-refractivity contribution >= 4 is 23.2 Å². The van der Waals surface area contributed by atoms with E-state index in [0.29, 0.717) is 29.0 Å². The van der Waals surface area contributed by atoms with Crippen molar-refractivity contribution in [3.63, 3.8) is 0 Å². The molecule has 0 unspecified atom stereocenters. The highest BCUT2D eigenvalue weighted by atomic mass is 16.3. The Balaban J connectivity index is 1.36. The first-order chi connectivity index (χ1) is 18.6. The number of hydrogen-bond acceptors (Lipinski definition) is 3. The fraction of sp³-hybridized carbons (Fsp3) is 0.0303. The Morgan fingerprint density at radius 1 is 0.658 bits per heavy atom. The van der Waals surface area contributed by atoms with Crippen LogP contribution < -0.4 is 10.2 Å². The molecule has 0 bridgehead atoms. The summed E-state index contributed by atoms with van der Waals surface area (Å²) < 4.78 is 0. The van der Waals surface area contributed by atoms with Gasteiger partial charge in [-0.25, -0.2) is 0 Å². The summed E-state index contributed by atoms with van der Waals surface area (Å²) >= 11 is 0. The van der Waals surface area contributed by atoms with Crippen molar-refractivity contribution in [2.75, 3.05) is 10.2 Å². The lowest BCUT2D eigenvalue weighted by atomic mass is 9.99. The lowest BCUT2D eigenvalue weighted by Gasteiger charge is -2.23. The maximum Gasteiger partial charge on any atom is 0.258 e. The highest BCUT2D eigenvalue weighted by Gasteiger charge is 2.19.